The zero-order chi connectivity index (χ0) is 23.4. The van der Waals surface area contributed by atoms with Crippen molar-refractivity contribution in [3.05, 3.63) is 34.7 Å². The number of nitrogens with zero attached hydrogens (tertiary/aromatic N) is 4. The van der Waals surface area contributed by atoms with Crippen LogP contribution in [0.1, 0.15) is 39.2 Å². The number of hydrogen-bond donors (Lipinski definition) is 1. The third kappa shape index (κ3) is 5.30. The van der Waals surface area contributed by atoms with Crippen LogP contribution in [-0.4, -0.2) is 83.4 Å². The number of ether oxygens (including phenoxy) is 1. The minimum atomic E-state index is -0.367. The number of fused-ring (bicyclic) bond motifs is 1. The quantitative estimate of drug-likeness (QED) is 0.716. The number of carbonyl (C=O) groups excluding carboxylic acids is 2. The van der Waals surface area contributed by atoms with Crippen LogP contribution in [0, 0.1) is 5.92 Å². The van der Waals surface area contributed by atoms with E-state index in [1.807, 2.05) is 43.0 Å². The molecule has 0 atom stereocenters. The molecule has 2 aliphatic rings. The van der Waals surface area contributed by atoms with Gasteiger partial charge in [0, 0.05) is 38.6 Å². The maximum atomic E-state index is 12.9. The highest BCUT2D eigenvalue weighted by atomic mass is 16.5. The molecule has 2 aromatic rings. The summed E-state index contributed by atoms with van der Waals surface area (Å²) in [7, 11) is 0. The molecular formula is C24H35N5O4. The lowest BCUT2D eigenvalue weighted by molar-refractivity contribution is -0.135. The predicted octanol–water partition coefficient (Wildman–Crippen LogP) is 1.90. The molecule has 2 amide bonds. The molecule has 9 heteroatoms. The Hall–Kier alpha value is -2.65. The fourth-order valence-electron chi connectivity index (χ4n) is 4.82. The molecule has 0 bridgehead atoms. The van der Waals surface area contributed by atoms with Crippen LogP contribution in [0.4, 0.5) is 4.79 Å². The highest BCUT2D eigenvalue weighted by Gasteiger charge is 2.24. The van der Waals surface area contributed by atoms with Crippen LogP contribution in [0.3, 0.4) is 0 Å². The number of carbonyl (C=O) groups is 2. The van der Waals surface area contributed by atoms with Gasteiger partial charge in [-0.15, -0.1) is 0 Å². The van der Waals surface area contributed by atoms with Crippen LogP contribution in [0.2, 0.25) is 0 Å². The molecule has 4 rings (SSSR count). The first-order valence-electron chi connectivity index (χ1n) is 12.0. The van der Waals surface area contributed by atoms with Gasteiger partial charge in [-0.2, -0.15) is 0 Å². The number of amides is 2. The van der Waals surface area contributed by atoms with E-state index in [9.17, 15) is 14.4 Å². The van der Waals surface area contributed by atoms with Crippen LogP contribution in [0.5, 0.6) is 0 Å². The van der Waals surface area contributed by atoms with E-state index in [1.165, 1.54) is 4.57 Å². The predicted molar refractivity (Wildman–Crippen MR) is 127 cm³/mol. The van der Waals surface area contributed by atoms with Gasteiger partial charge in [0.15, 0.2) is 0 Å². The fourth-order valence-corrected chi connectivity index (χ4v) is 4.82. The zero-order valence-corrected chi connectivity index (χ0v) is 19.7. The molecule has 2 saturated heterocycles. The van der Waals surface area contributed by atoms with Gasteiger partial charge in [-0.3, -0.25) is 9.36 Å². The Kier molecular flexibility index (Phi) is 7.49. The van der Waals surface area contributed by atoms with E-state index in [1.54, 1.807) is 4.57 Å². The summed E-state index contributed by atoms with van der Waals surface area (Å²) in [4.78, 5) is 42.4. The van der Waals surface area contributed by atoms with Crippen molar-refractivity contribution in [3.63, 3.8) is 0 Å². The maximum absolute atomic E-state index is 12.9. The van der Waals surface area contributed by atoms with Crippen molar-refractivity contribution in [2.75, 3.05) is 52.5 Å². The number of rotatable bonds is 6. The smallest absolute Gasteiger partial charge is 0.337 e. The molecule has 1 aromatic heterocycles. The Bertz CT molecular complexity index is 1030. The normalized spacial score (nSPS) is 18.2. The number of imidazole rings is 1. The number of aromatic nitrogens is 2. The van der Waals surface area contributed by atoms with E-state index in [4.69, 9.17) is 4.74 Å². The third-order valence-corrected chi connectivity index (χ3v) is 6.75. The van der Waals surface area contributed by atoms with Crippen LogP contribution in [0.25, 0.3) is 11.0 Å². The van der Waals surface area contributed by atoms with Gasteiger partial charge < -0.3 is 19.9 Å². The molecule has 1 N–H and O–H groups in total. The number of para-hydroxylation sites is 2. The molecule has 2 aliphatic heterocycles. The number of nitrogens with one attached hydrogen (secondary N) is 1. The SMILES string of the molecule is CC(C)n1c(=O)n(C(=O)NCC2CCN(CCC(=O)N3CCOCC3)CC2)c2ccccc21. The van der Waals surface area contributed by atoms with E-state index in [0.29, 0.717) is 50.7 Å². The van der Waals surface area contributed by atoms with E-state index in [0.717, 1.165) is 38.0 Å². The van der Waals surface area contributed by atoms with Gasteiger partial charge in [0.05, 0.1) is 24.2 Å². The van der Waals surface area contributed by atoms with Crippen LogP contribution >= 0.6 is 0 Å². The van der Waals surface area contributed by atoms with Gasteiger partial charge in [0.1, 0.15) is 0 Å². The largest absolute Gasteiger partial charge is 0.378 e. The van der Waals surface area contributed by atoms with Crippen molar-refractivity contribution >= 4 is 23.0 Å². The average molecular weight is 458 g/mol. The van der Waals surface area contributed by atoms with Crippen molar-refractivity contribution in [1.82, 2.24) is 24.3 Å². The molecule has 0 spiro atoms. The lowest BCUT2D eigenvalue weighted by Crippen LogP contribution is -2.44. The summed E-state index contributed by atoms with van der Waals surface area (Å²) in [5.41, 5.74) is 1.10. The highest BCUT2D eigenvalue weighted by Crippen LogP contribution is 2.18. The molecule has 0 radical (unpaired) electrons. The molecule has 33 heavy (non-hydrogen) atoms. The summed E-state index contributed by atoms with van der Waals surface area (Å²) in [6, 6.07) is 7.01. The van der Waals surface area contributed by atoms with E-state index >= 15 is 0 Å². The Morgan fingerprint density at radius 2 is 1.73 bits per heavy atom. The molecule has 0 unspecified atom stereocenters. The summed E-state index contributed by atoms with van der Waals surface area (Å²) >= 11 is 0. The minimum absolute atomic E-state index is 0.0316. The molecule has 2 fully saturated rings. The third-order valence-electron chi connectivity index (χ3n) is 6.75. The van der Waals surface area contributed by atoms with Crippen molar-refractivity contribution in [3.8, 4) is 0 Å². The first-order chi connectivity index (χ1) is 16.0. The Morgan fingerprint density at radius 1 is 1.06 bits per heavy atom. The molecule has 9 nitrogen and oxygen atoms in total. The maximum Gasteiger partial charge on any atom is 0.337 e. The topological polar surface area (TPSA) is 88.8 Å². The van der Waals surface area contributed by atoms with Crippen LogP contribution < -0.4 is 11.0 Å². The summed E-state index contributed by atoms with van der Waals surface area (Å²) in [5.74, 6) is 0.577. The number of morpholine rings is 1. The standard InChI is InChI=1S/C24H35N5O4/c1-18(2)28-20-5-3-4-6-21(20)29(24(28)32)23(31)25-17-19-7-10-26(11-8-19)12-9-22(30)27-13-15-33-16-14-27/h3-6,18-19H,7-17H2,1-2H3,(H,25,31). The van der Waals surface area contributed by atoms with Crippen LogP contribution in [-0.2, 0) is 9.53 Å². The van der Waals surface area contributed by atoms with Gasteiger partial charge in [-0.25, -0.2) is 14.2 Å². The lowest BCUT2D eigenvalue weighted by Gasteiger charge is -2.33. The van der Waals surface area contributed by atoms with Gasteiger partial charge in [0.25, 0.3) is 0 Å². The highest BCUT2D eigenvalue weighted by molar-refractivity contribution is 5.89. The van der Waals surface area contributed by atoms with E-state index in [2.05, 4.69) is 10.2 Å². The van der Waals surface area contributed by atoms with Crippen LogP contribution in [0.15, 0.2) is 29.1 Å². The van der Waals surface area contributed by atoms with E-state index < -0.39 is 0 Å². The van der Waals surface area contributed by atoms with Gasteiger partial charge in [0.2, 0.25) is 5.91 Å². The fraction of sp³-hybridized carbons (Fsp3) is 0.625. The molecule has 0 aliphatic carbocycles. The van der Waals surface area contributed by atoms with Crippen molar-refractivity contribution < 1.29 is 14.3 Å². The Morgan fingerprint density at radius 3 is 2.39 bits per heavy atom. The lowest BCUT2D eigenvalue weighted by atomic mass is 9.96. The Labute approximate surface area is 194 Å². The van der Waals surface area contributed by atoms with Crippen molar-refractivity contribution in [2.24, 2.45) is 5.92 Å². The second-order valence-corrected chi connectivity index (χ2v) is 9.28. The molecule has 0 saturated carbocycles. The Balaban J connectivity index is 1.26. The zero-order valence-electron chi connectivity index (χ0n) is 19.7. The second kappa shape index (κ2) is 10.5. The summed E-state index contributed by atoms with van der Waals surface area (Å²) in [5, 5.41) is 2.98. The average Bonchev–Trinajstić information content (AvgIpc) is 3.14. The van der Waals surface area contributed by atoms with E-state index in [-0.39, 0.29) is 23.7 Å². The molecular weight excluding hydrogens is 422 g/mol. The first kappa shape index (κ1) is 23.5. The second-order valence-electron chi connectivity index (χ2n) is 9.28. The number of likely N-dealkylation sites (tertiary alicyclic amines) is 1. The molecule has 3 heterocycles. The van der Waals surface area contributed by atoms with Crippen molar-refractivity contribution in [1.29, 1.82) is 0 Å². The summed E-state index contributed by atoms with van der Waals surface area (Å²) < 4.78 is 8.22. The van der Waals surface area contributed by atoms with Crippen molar-refractivity contribution in [2.45, 2.75) is 39.2 Å². The first-order valence-corrected chi connectivity index (χ1v) is 12.0. The summed E-state index contributed by atoms with van der Waals surface area (Å²) in [6.07, 6.45) is 2.48. The van der Waals surface area contributed by atoms with Gasteiger partial charge in [-0.1, -0.05) is 12.1 Å². The number of benzene rings is 1. The number of piperidine rings is 1. The summed E-state index contributed by atoms with van der Waals surface area (Å²) in [6.45, 7) is 9.70. The number of hydrogen-bond acceptors (Lipinski definition) is 5. The minimum Gasteiger partial charge on any atom is -0.378 e. The molecule has 180 valence electrons. The van der Waals surface area contributed by atoms with Gasteiger partial charge in [-0.05, 0) is 57.8 Å². The molecule has 1 aromatic carbocycles. The van der Waals surface area contributed by atoms with Gasteiger partial charge >= 0.3 is 11.7 Å². The monoisotopic (exact) mass is 457 g/mol.